The van der Waals surface area contributed by atoms with Crippen LogP contribution in [-0.4, -0.2) is 39.9 Å². The van der Waals surface area contributed by atoms with Gasteiger partial charge in [-0.1, -0.05) is 30.0 Å². The minimum absolute atomic E-state index is 0.251. The number of aliphatic carboxylic acids is 1. The Balaban J connectivity index is 2.26. The maximum Gasteiger partial charge on any atom is 0.323 e. The zero-order chi connectivity index (χ0) is 15.6. The summed E-state index contributed by atoms with van der Waals surface area (Å²) in [5, 5.41) is 8.78. The molecule has 0 aliphatic carbocycles. The molecule has 0 aromatic heterocycles. The second-order valence-corrected chi connectivity index (χ2v) is 6.59. The maximum atomic E-state index is 12.1. The molecule has 110 valence electrons. The van der Waals surface area contributed by atoms with E-state index in [0.717, 1.165) is 26.7 Å². The average Bonchev–Trinajstić information content (AvgIpc) is 2.66. The van der Waals surface area contributed by atoms with Crippen LogP contribution in [0.2, 0.25) is 0 Å². The highest BCUT2D eigenvalue weighted by Crippen LogP contribution is 2.33. The van der Waals surface area contributed by atoms with E-state index in [9.17, 15) is 9.59 Å². The molecule has 1 aromatic carbocycles. The third kappa shape index (κ3) is 3.63. The summed E-state index contributed by atoms with van der Waals surface area (Å²) in [6, 6.07) is 5.38. The van der Waals surface area contributed by atoms with Crippen LogP contribution in [0.1, 0.15) is 5.56 Å². The standard InChI is InChI=1S/C13H10BrNO4S2/c1-19-9-3-2-7(4-8(9)14)5-10-12(18)15(6-11(16)17)13(20)21-10/h2-5H,6H2,1H3,(H,16,17). The largest absolute Gasteiger partial charge is 0.496 e. The van der Waals surface area contributed by atoms with Crippen molar-refractivity contribution < 1.29 is 19.4 Å². The van der Waals surface area contributed by atoms with Crippen LogP contribution in [0.3, 0.4) is 0 Å². The van der Waals surface area contributed by atoms with Gasteiger partial charge in [0.15, 0.2) is 0 Å². The van der Waals surface area contributed by atoms with Gasteiger partial charge in [-0.15, -0.1) is 0 Å². The SMILES string of the molecule is COc1ccc(C=C2SC(=S)N(CC(=O)O)C2=O)cc1Br. The predicted molar refractivity (Wildman–Crippen MR) is 88.2 cm³/mol. The molecular weight excluding hydrogens is 378 g/mol. The number of benzene rings is 1. The first-order valence-corrected chi connectivity index (χ1v) is 7.75. The summed E-state index contributed by atoms with van der Waals surface area (Å²) in [5.41, 5.74) is 0.790. The summed E-state index contributed by atoms with van der Waals surface area (Å²) in [4.78, 5) is 24.3. The van der Waals surface area contributed by atoms with Crippen molar-refractivity contribution in [1.29, 1.82) is 0 Å². The van der Waals surface area contributed by atoms with E-state index < -0.39 is 12.5 Å². The number of halogens is 1. The molecule has 1 aliphatic rings. The van der Waals surface area contributed by atoms with Gasteiger partial charge >= 0.3 is 5.97 Å². The summed E-state index contributed by atoms with van der Waals surface area (Å²) in [6.07, 6.45) is 1.67. The Kier molecular flexibility index (Phi) is 5.02. The van der Waals surface area contributed by atoms with Crippen LogP contribution in [0, 0.1) is 0 Å². The molecule has 0 bridgehead atoms. The van der Waals surface area contributed by atoms with Crippen LogP contribution in [0.15, 0.2) is 27.6 Å². The van der Waals surface area contributed by atoms with Gasteiger partial charge in [0.05, 0.1) is 16.5 Å². The topological polar surface area (TPSA) is 66.8 Å². The van der Waals surface area contributed by atoms with E-state index in [4.69, 9.17) is 22.1 Å². The van der Waals surface area contributed by atoms with Gasteiger partial charge in [-0.25, -0.2) is 0 Å². The van der Waals surface area contributed by atoms with Crippen LogP contribution >= 0.6 is 39.9 Å². The fourth-order valence-corrected chi connectivity index (χ4v) is 3.51. The molecule has 1 N–H and O–H groups in total. The number of carboxylic acid groups (broad SMARTS) is 1. The lowest BCUT2D eigenvalue weighted by Crippen LogP contribution is -2.33. The molecule has 8 heteroatoms. The van der Waals surface area contributed by atoms with E-state index >= 15 is 0 Å². The lowest BCUT2D eigenvalue weighted by molar-refractivity contribution is -0.140. The summed E-state index contributed by atoms with van der Waals surface area (Å²) in [5.74, 6) is -0.801. The van der Waals surface area contributed by atoms with Crippen molar-refractivity contribution in [3.05, 3.63) is 33.1 Å². The number of carbonyl (C=O) groups excluding carboxylic acids is 1. The highest BCUT2D eigenvalue weighted by atomic mass is 79.9. The van der Waals surface area contributed by atoms with Gasteiger partial charge in [-0.2, -0.15) is 0 Å². The van der Waals surface area contributed by atoms with E-state index in [2.05, 4.69) is 15.9 Å². The Morgan fingerprint density at radius 3 is 2.86 bits per heavy atom. The summed E-state index contributed by atoms with van der Waals surface area (Å²) < 4.78 is 6.15. The fraction of sp³-hybridized carbons (Fsp3) is 0.154. The number of amides is 1. The Morgan fingerprint density at radius 2 is 2.29 bits per heavy atom. The number of rotatable bonds is 4. The molecule has 0 radical (unpaired) electrons. The third-order valence-electron chi connectivity index (χ3n) is 2.64. The second-order valence-electron chi connectivity index (χ2n) is 4.06. The lowest BCUT2D eigenvalue weighted by Gasteiger charge is -2.10. The van der Waals surface area contributed by atoms with Gasteiger partial charge in [0.1, 0.15) is 16.6 Å². The summed E-state index contributed by atoms with van der Waals surface area (Å²) in [7, 11) is 1.57. The summed E-state index contributed by atoms with van der Waals surface area (Å²) >= 11 is 9.49. The van der Waals surface area contributed by atoms with Crippen molar-refractivity contribution in [1.82, 2.24) is 4.90 Å². The predicted octanol–water partition coefficient (Wildman–Crippen LogP) is 2.74. The van der Waals surface area contributed by atoms with Crippen molar-refractivity contribution >= 4 is 62.2 Å². The van der Waals surface area contributed by atoms with Gasteiger partial charge in [-0.3, -0.25) is 14.5 Å². The van der Waals surface area contributed by atoms with Gasteiger partial charge < -0.3 is 9.84 Å². The van der Waals surface area contributed by atoms with E-state index in [1.165, 1.54) is 0 Å². The zero-order valence-electron chi connectivity index (χ0n) is 10.8. The first kappa shape index (κ1) is 16.0. The minimum atomic E-state index is -1.10. The van der Waals surface area contributed by atoms with E-state index in [-0.39, 0.29) is 10.2 Å². The molecular formula is C13H10BrNO4S2. The number of ether oxygens (including phenoxy) is 1. The number of thiocarbonyl (C=S) groups is 1. The molecule has 0 unspecified atom stereocenters. The molecule has 1 aliphatic heterocycles. The second kappa shape index (κ2) is 6.59. The maximum absolute atomic E-state index is 12.1. The average molecular weight is 388 g/mol. The van der Waals surface area contributed by atoms with Crippen LogP contribution < -0.4 is 4.74 Å². The first-order valence-electron chi connectivity index (χ1n) is 5.73. The van der Waals surface area contributed by atoms with Crippen molar-refractivity contribution in [2.24, 2.45) is 0 Å². The van der Waals surface area contributed by atoms with Crippen LogP contribution in [0.4, 0.5) is 0 Å². The van der Waals surface area contributed by atoms with Crippen molar-refractivity contribution in [2.75, 3.05) is 13.7 Å². The normalized spacial score (nSPS) is 16.7. The first-order chi connectivity index (χ1) is 9.92. The molecule has 21 heavy (non-hydrogen) atoms. The van der Waals surface area contributed by atoms with Crippen molar-refractivity contribution in [2.45, 2.75) is 0 Å². The smallest absolute Gasteiger partial charge is 0.323 e. The van der Waals surface area contributed by atoms with Crippen LogP contribution in [-0.2, 0) is 9.59 Å². The highest BCUT2D eigenvalue weighted by molar-refractivity contribution is 9.10. The fourth-order valence-electron chi connectivity index (χ4n) is 1.70. The third-order valence-corrected chi connectivity index (χ3v) is 4.64. The van der Waals surface area contributed by atoms with E-state index in [1.54, 1.807) is 25.3 Å². The zero-order valence-corrected chi connectivity index (χ0v) is 14.0. The Morgan fingerprint density at radius 1 is 1.57 bits per heavy atom. The Hall–Kier alpha value is -1.38. The molecule has 0 spiro atoms. The van der Waals surface area contributed by atoms with Gasteiger partial charge in [0, 0.05) is 0 Å². The number of hydrogen-bond donors (Lipinski definition) is 1. The number of nitrogens with zero attached hydrogens (tertiary/aromatic N) is 1. The van der Waals surface area contributed by atoms with E-state index in [1.807, 2.05) is 6.07 Å². The molecule has 0 saturated carbocycles. The number of carbonyl (C=O) groups is 2. The van der Waals surface area contributed by atoms with Gasteiger partial charge in [0.2, 0.25) is 0 Å². The quantitative estimate of drug-likeness (QED) is 0.632. The van der Waals surface area contributed by atoms with Gasteiger partial charge in [-0.05, 0) is 39.7 Å². The minimum Gasteiger partial charge on any atom is -0.496 e. The number of methoxy groups -OCH3 is 1. The number of thioether (sulfide) groups is 1. The Bertz CT molecular complexity index is 660. The van der Waals surface area contributed by atoms with Crippen LogP contribution in [0.25, 0.3) is 6.08 Å². The molecule has 1 fully saturated rings. The Labute approximate surface area is 139 Å². The lowest BCUT2D eigenvalue weighted by atomic mass is 10.2. The molecule has 1 heterocycles. The van der Waals surface area contributed by atoms with Crippen LogP contribution in [0.5, 0.6) is 5.75 Å². The molecule has 1 saturated heterocycles. The van der Waals surface area contributed by atoms with E-state index in [0.29, 0.717) is 10.7 Å². The number of carboxylic acids is 1. The summed E-state index contributed by atoms with van der Waals surface area (Å²) in [6.45, 7) is -0.422. The number of hydrogen-bond acceptors (Lipinski definition) is 5. The molecule has 1 aromatic rings. The highest BCUT2D eigenvalue weighted by Gasteiger charge is 2.33. The molecule has 5 nitrogen and oxygen atoms in total. The monoisotopic (exact) mass is 387 g/mol. The molecule has 1 amide bonds. The molecule has 0 atom stereocenters. The van der Waals surface area contributed by atoms with Crippen molar-refractivity contribution in [3.8, 4) is 5.75 Å². The van der Waals surface area contributed by atoms with Gasteiger partial charge in [0.25, 0.3) is 5.91 Å². The molecule has 2 rings (SSSR count). The van der Waals surface area contributed by atoms with Crippen molar-refractivity contribution in [3.63, 3.8) is 0 Å².